The summed E-state index contributed by atoms with van der Waals surface area (Å²) in [7, 11) is 2.67. The second-order valence-electron chi connectivity index (χ2n) is 11.7. The van der Waals surface area contributed by atoms with Crippen LogP contribution in [0.4, 0.5) is 0 Å². The van der Waals surface area contributed by atoms with Crippen molar-refractivity contribution in [2.24, 2.45) is 39.9 Å². The highest BCUT2D eigenvalue weighted by Crippen LogP contribution is 2.72. The smallest absolute Gasteiger partial charge is 0.323 e. The lowest BCUT2D eigenvalue weighted by atomic mass is 9.44. The number of allylic oxidation sites excluding steroid dienone is 1. The summed E-state index contributed by atoms with van der Waals surface area (Å²) >= 11 is 0. The van der Waals surface area contributed by atoms with Gasteiger partial charge in [-0.2, -0.15) is 5.26 Å². The third kappa shape index (κ3) is 3.88. The highest BCUT2D eigenvalue weighted by Gasteiger charge is 2.68. The molecular formula is C28H39NO6. The summed E-state index contributed by atoms with van der Waals surface area (Å²) in [4.78, 5) is 36.9. The van der Waals surface area contributed by atoms with E-state index in [1.807, 2.05) is 0 Å². The fourth-order valence-electron chi connectivity index (χ4n) is 8.85. The molecule has 4 aliphatic rings. The Bertz CT molecular complexity index is 967. The zero-order valence-electron chi connectivity index (χ0n) is 21.7. The van der Waals surface area contributed by atoms with Crippen molar-refractivity contribution in [1.29, 1.82) is 5.26 Å². The third-order valence-electron chi connectivity index (χ3n) is 10.6. The van der Waals surface area contributed by atoms with Crippen molar-refractivity contribution in [3.63, 3.8) is 0 Å². The van der Waals surface area contributed by atoms with Crippen LogP contribution < -0.4 is 0 Å². The number of carbonyl (C=O) groups excluding carboxylic acids is 3. The van der Waals surface area contributed by atoms with Crippen LogP contribution in [0.2, 0.25) is 0 Å². The Morgan fingerprint density at radius 2 is 1.80 bits per heavy atom. The van der Waals surface area contributed by atoms with Gasteiger partial charge in [-0.1, -0.05) is 25.5 Å². The van der Waals surface area contributed by atoms with E-state index >= 15 is 0 Å². The van der Waals surface area contributed by atoms with Crippen molar-refractivity contribution in [1.82, 2.24) is 0 Å². The number of carbonyl (C=O) groups is 3. The summed E-state index contributed by atoms with van der Waals surface area (Å²) in [6.07, 6.45) is 9.43. The Balaban J connectivity index is 1.68. The molecule has 4 aliphatic carbocycles. The Hall–Kier alpha value is -2.36. The molecule has 0 N–H and O–H groups in total. The number of nitrogens with zero attached hydrogens (tertiary/aromatic N) is 1. The molecule has 8 atom stereocenters. The molecule has 0 radical (unpaired) electrons. The number of hydrogen-bond donors (Lipinski definition) is 0. The van der Waals surface area contributed by atoms with Crippen LogP contribution in [-0.4, -0.2) is 38.2 Å². The van der Waals surface area contributed by atoms with Gasteiger partial charge in [-0.05, 0) is 73.5 Å². The molecule has 0 saturated heterocycles. The van der Waals surface area contributed by atoms with Crippen LogP contribution in [0.3, 0.4) is 0 Å². The van der Waals surface area contributed by atoms with Gasteiger partial charge in [0.05, 0.1) is 26.7 Å². The minimum absolute atomic E-state index is 0.0344. The first-order valence-corrected chi connectivity index (χ1v) is 13.0. The topological polar surface area (TPSA) is 103 Å². The lowest BCUT2D eigenvalue weighted by molar-refractivity contribution is -0.162. The van der Waals surface area contributed by atoms with Crippen LogP contribution in [0.15, 0.2) is 11.6 Å². The summed E-state index contributed by atoms with van der Waals surface area (Å²) in [6, 6.07) is 2.23. The van der Waals surface area contributed by atoms with Crippen LogP contribution in [-0.2, 0) is 28.6 Å². The van der Waals surface area contributed by atoms with Crippen molar-refractivity contribution in [2.75, 3.05) is 14.2 Å². The molecule has 192 valence electrons. The first-order valence-electron chi connectivity index (χ1n) is 13.0. The van der Waals surface area contributed by atoms with Gasteiger partial charge in [0.15, 0.2) is 5.92 Å². The van der Waals surface area contributed by atoms with Crippen molar-refractivity contribution < 1.29 is 28.6 Å². The first kappa shape index (κ1) is 25.7. The maximum atomic E-state index is 12.8. The maximum absolute atomic E-state index is 12.8. The van der Waals surface area contributed by atoms with Crippen LogP contribution in [0.1, 0.15) is 78.6 Å². The highest BCUT2D eigenvalue weighted by molar-refractivity contribution is 5.79. The van der Waals surface area contributed by atoms with Crippen LogP contribution >= 0.6 is 0 Å². The molecule has 0 bridgehead atoms. The fourth-order valence-corrected chi connectivity index (χ4v) is 8.85. The number of esters is 3. The molecule has 0 spiro atoms. The monoisotopic (exact) mass is 485 g/mol. The van der Waals surface area contributed by atoms with E-state index in [-0.39, 0.29) is 35.3 Å². The van der Waals surface area contributed by atoms with Crippen LogP contribution in [0, 0.1) is 51.2 Å². The molecule has 1 unspecified atom stereocenters. The molecule has 0 aliphatic heterocycles. The van der Waals surface area contributed by atoms with Gasteiger partial charge in [-0.3, -0.25) is 14.4 Å². The number of ether oxygens (including phenoxy) is 3. The summed E-state index contributed by atoms with van der Waals surface area (Å²) in [5.41, 5.74) is 0.359. The van der Waals surface area contributed by atoms with E-state index in [4.69, 9.17) is 14.2 Å². The molecule has 7 heteroatoms. The molecule has 35 heavy (non-hydrogen) atoms. The Kier molecular flexibility index (Phi) is 6.81. The SMILES string of the molecule is COC(=O)C[C@]1(C(C#N)C(=O)OC)CC[C@H]2[C@@H]3CC=C4C[C@@H](OC(C)=O)CC[C@]4(C)[C@H]3CC[C@@]21C. The summed E-state index contributed by atoms with van der Waals surface area (Å²) in [5.74, 6) is -0.890. The minimum Gasteiger partial charge on any atom is -0.469 e. The highest BCUT2D eigenvalue weighted by atomic mass is 16.5. The molecule has 0 amide bonds. The molecule has 3 fully saturated rings. The molecule has 0 aromatic carbocycles. The average molecular weight is 486 g/mol. The number of methoxy groups -OCH3 is 2. The average Bonchev–Trinajstić information content (AvgIpc) is 3.11. The maximum Gasteiger partial charge on any atom is 0.323 e. The van der Waals surface area contributed by atoms with E-state index in [0.29, 0.717) is 24.2 Å². The predicted octanol–water partition coefficient (Wildman–Crippen LogP) is 4.74. The molecule has 3 saturated carbocycles. The van der Waals surface area contributed by atoms with Gasteiger partial charge in [0, 0.05) is 18.8 Å². The van der Waals surface area contributed by atoms with E-state index in [1.165, 1.54) is 26.7 Å². The Morgan fingerprint density at radius 3 is 2.43 bits per heavy atom. The molecule has 7 nitrogen and oxygen atoms in total. The third-order valence-corrected chi connectivity index (χ3v) is 10.6. The van der Waals surface area contributed by atoms with E-state index in [9.17, 15) is 19.6 Å². The van der Waals surface area contributed by atoms with Crippen LogP contribution in [0.25, 0.3) is 0 Å². The lowest BCUT2D eigenvalue weighted by Gasteiger charge is -2.60. The number of hydrogen-bond acceptors (Lipinski definition) is 7. The van der Waals surface area contributed by atoms with Crippen molar-refractivity contribution in [2.45, 2.75) is 84.7 Å². The predicted molar refractivity (Wildman–Crippen MR) is 127 cm³/mol. The largest absolute Gasteiger partial charge is 0.469 e. The molecule has 4 rings (SSSR count). The minimum atomic E-state index is -0.998. The van der Waals surface area contributed by atoms with Gasteiger partial charge in [0.1, 0.15) is 6.10 Å². The Morgan fingerprint density at radius 1 is 1.09 bits per heavy atom. The molecule has 0 aromatic heterocycles. The van der Waals surface area contributed by atoms with Crippen molar-refractivity contribution >= 4 is 17.9 Å². The van der Waals surface area contributed by atoms with E-state index in [2.05, 4.69) is 26.0 Å². The molecule has 0 aromatic rings. The van der Waals surface area contributed by atoms with Crippen LogP contribution in [0.5, 0.6) is 0 Å². The zero-order chi connectivity index (χ0) is 25.6. The fraction of sp³-hybridized carbons (Fsp3) is 0.786. The second kappa shape index (κ2) is 9.26. The summed E-state index contributed by atoms with van der Waals surface area (Å²) in [5, 5.41) is 10.1. The van der Waals surface area contributed by atoms with E-state index in [0.717, 1.165) is 44.9 Å². The summed E-state index contributed by atoms with van der Waals surface area (Å²) in [6.45, 7) is 6.06. The van der Waals surface area contributed by atoms with Gasteiger partial charge < -0.3 is 14.2 Å². The number of rotatable bonds is 5. The summed E-state index contributed by atoms with van der Waals surface area (Å²) < 4.78 is 15.7. The molecule has 0 heterocycles. The second-order valence-corrected chi connectivity index (χ2v) is 11.7. The van der Waals surface area contributed by atoms with E-state index < -0.39 is 17.3 Å². The Labute approximate surface area is 208 Å². The number of nitriles is 1. The van der Waals surface area contributed by atoms with Gasteiger partial charge >= 0.3 is 17.9 Å². The quantitative estimate of drug-likeness (QED) is 0.315. The number of fused-ring (bicyclic) bond motifs is 5. The first-order chi connectivity index (χ1) is 16.6. The van der Waals surface area contributed by atoms with Gasteiger partial charge in [0.25, 0.3) is 0 Å². The van der Waals surface area contributed by atoms with Gasteiger partial charge in [-0.15, -0.1) is 0 Å². The zero-order valence-corrected chi connectivity index (χ0v) is 21.7. The lowest BCUT2D eigenvalue weighted by Crippen LogP contribution is -2.55. The van der Waals surface area contributed by atoms with Crippen molar-refractivity contribution in [3.8, 4) is 6.07 Å². The normalized spacial score (nSPS) is 40.6. The standard InChI is InChI=1S/C28H39NO6/c1-17(30)35-19-8-11-26(2)18(14-19)6-7-20-21(26)9-12-27(3)22(20)10-13-28(27,15-24(31)33-4)23(16-29)25(32)34-5/h6,19-23H,7-15H2,1-5H3/t19-,20+,21-,22-,23?,26-,27-,28-/m0/s1. The van der Waals surface area contributed by atoms with Crippen molar-refractivity contribution in [3.05, 3.63) is 11.6 Å². The molecular weight excluding hydrogens is 446 g/mol. The van der Waals surface area contributed by atoms with Gasteiger partial charge in [0.2, 0.25) is 0 Å². The van der Waals surface area contributed by atoms with E-state index in [1.54, 1.807) is 0 Å². The van der Waals surface area contributed by atoms with Gasteiger partial charge in [-0.25, -0.2) is 0 Å².